The third kappa shape index (κ3) is 8.33. The molecule has 0 saturated heterocycles. The molecule has 12 heteroatoms. The summed E-state index contributed by atoms with van der Waals surface area (Å²) in [6.07, 6.45) is 4.04. The second kappa shape index (κ2) is 19.1. The molecule has 0 amide bonds. The van der Waals surface area contributed by atoms with E-state index in [1.165, 1.54) is 0 Å². The van der Waals surface area contributed by atoms with Crippen LogP contribution in [0.4, 0.5) is 0 Å². The average Bonchev–Trinajstić information content (AvgIpc) is 4.02. The van der Waals surface area contributed by atoms with Crippen molar-refractivity contribution < 1.29 is 13.6 Å². The van der Waals surface area contributed by atoms with Crippen LogP contribution in [-0.2, 0) is 24.7 Å². The quantitative estimate of drug-likeness (QED) is 0.0482. The van der Waals surface area contributed by atoms with Crippen LogP contribution in [-0.4, -0.2) is 42.7 Å². The van der Waals surface area contributed by atoms with E-state index in [9.17, 15) is 4.57 Å². The van der Waals surface area contributed by atoms with E-state index in [0.29, 0.717) is 24.5 Å². The number of nitrogens with zero attached hydrogens (tertiary/aromatic N) is 6. The van der Waals surface area contributed by atoms with Crippen molar-refractivity contribution in [3.05, 3.63) is 240 Å². The third-order valence-corrected chi connectivity index (χ3v) is 12.2. The second-order valence-corrected chi connectivity index (χ2v) is 16.1. The van der Waals surface area contributed by atoms with Gasteiger partial charge in [0.15, 0.2) is 11.6 Å². The SMILES string of the molecule is O=[P+](OCCC(Cl)c1ncn(C(c2ccccc2)(c2ccccc2)c2ccccc2)n1)OCCC(Cl)c1ncn(C(c2ccccc2)(c2ccccc2)c2ccccc2)n1. The Morgan fingerprint density at radius 3 is 0.950 bits per heavy atom. The fourth-order valence-electron chi connectivity index (χ4n) is 7.79. The number of benzene rings is 6. The van der Waals surface area contributed by atoms with Gasteiger partial charge in [-0.2, -0.15) is 10.2 Å². The first-order valence-electron chi connectivity index (χ1n) is 19.7. The third-order valence-electron chi connectivity index (χ3n) is 10.6. The molecule has 0 saturated carbocycles. The monoisotopic (exact) mass is 851 g/mol. The Morgan fingerprint density at radius 1 is 0.450 bits per heavy atom. The van der Waals surface area contributed by atoms with Gasteiger partial charge < -0.3 is 0 Å². The first-order chi connectivity index (χ1) is 29.5. The van der Waals surface area contributed by atoms with Gasteiger partial charge in [0, 0.05) is 4.57 Å². The lowest BCUT2D eigenvalue weighted by molar-refractivity contribution is 0.220. The topological polar surface area (TPSA) is 97.0 Å². The molecule has 0 aliphatic carbocycles. The van der Waals surface area contributed by atoms with Gasteiger partial charge >= 0.3 is 8.25 Å². The summed E-state index contributed by atoms with van der Waals surface area (Å²) in [5.74, 6) is 0.854. The summed E-state index contributed by atoms with van der Waals surface area (Å²) in [6.45, 7) is 0.131. The molecule has 300 valence electrons. The summed E-state index contributed by atoms with van der Waals surface area (Å²) in [5.41, 5.74) is 4.48. The first kappa shape index (κ1) is 41.0. The first-order valence-corrected chi connectivity index (χ1v) is 21.7. The van der Waals surface area contributed by atoms with E-state index in [1.807, 2.05) is 119 Å². The molecule has 2 unspecified atom stereocenters. The van der Waals surface area contributed by atoms with E-state index in [-0.39, 0.29) is 13.2 Å². The van der Waals surface area contributed by atoms with Crippen molar-refractivity contribution in [2.75, 3.05) is 13.2 Å². The largest absolute Gasteiger partial charge is 0.697 e. The molecule has 0 bridgehead atoms. The molecule has 2 aromatic heterocycles. The molecule has 8 aromatic rings. The lowest BCUT2D eigenvalue weighted by atomic mass is 9.77. The van der Waals surface area contributed by atoms with Crippen molar-refractivity contribution in [3.63, 3.8) is 0 Å². The molecular formula is C48H42Cl2N6O3P+. The summed E-state index contributed by atoms with van der Waals surface area (Å²) in [6, 6.07) is 61.3. The molecule has 0 N–H and O–H groups in total. The van der Waals surface area contributed by atoms with Crippen LogP contribution in [0, 0.1) is 0 Å². The molecule has 0 radical (unpaired) electrons. The van der Waals surface area contributed by atoms with Crippen molar-refractivity contribution in [1.29, 1.82) is 0 Å². The summed E-state index contributed by atoms with van der Waals surface area (Å²) in [5, 5.41) is 8.70. The molecule has 0 aliphatic rings. The number of hydrogen-bond donors (Lipinski definition) is 0. The van der Waals surface area contributed by atoms with Crippen molar-refractivity contribution >= 4 is 31.5 Å². The Morgan fingerprint density at radius 2 is 0.700 bits per heavy atom. The summed E-state index contributed by atoms with van der Waals surface area (Å²) in [4.78, 5) is 9.31. The minimum atomic E-state index is -2.45. The smallest absolute Gasteiger partial charge is 0.233 e. The minimum Gasteiger partial charge on any atom is -0.233 e. The van der Waals surface area contributed by atoms with E-state index in [4.69, 9.17) is 42.4 Å². The zero-order chi connectivity index (χ0) is 41.2. The highest BCUT2D eigenvalue weighted by Gasteiger charge is 2.41. The van der Waals surface area contributed by atoms with Gasteiger partial charge in [-0.1, -0.05) is 182 Å². The van der Waals surface area contributed by atoms with Gasteiger partial charge in [0.1, 0.15) is 36.9 Å². The zero-order valence-corrected chi connectivity index (χ0v) is 35.0. The Bertz CT molecular complexity index is 2190. The predicted molar refractivity (Wildman–Crippen MR) is 235 cm³/mol. The molecule has 2 heterocycles. The minimum absolute atomic E-state index is 0.0654. The molecule has 0 fully saturated rings. The van der Waals surface area contributed by atoms with Crippen LogP contribution in [0.2, 0.25) is 0 Å². The van der Waals surface area contributed by atoms with Gasteiger partial charge in [-0.05, 0) is 46.2 Å². The lowest BCUT2D eigenvalue weighted by Crippen LogP contribution is -2.38. The molecule has 0 spiro atoms. The Kier molecular flexibility index (Phi) is 13.0. The fraction of sp³-hybridized carbons (Fsp3) is 0.167. The maximum atomic E-state index is 12.8. The number of aromatic nitrogens is 6. The number of halogens is 2. The van der Waals surface area contributed by atoms with Gasteiger partial charge in [-0.3, -0.25) is 0 Å². The molecule has 6 aromatic carbocycles. The van der Waals surface area contributed by atoms with Gasteiger partial charge in [0.25, 0.3) is 0 Å². The molecule has 2 atom stereocenters. The molecular weight excluding hydrogens is 810 g/mol. The van der Waals surface area contributed by atoms with E-state index < -0.39 is 30.1 Å². The number of rotatable bonds is 18. The maximum Gasteiger partial charge on any atom is 0.697 e. The molecule has 9 nitrogen and oxygen atoms in total. The number of hydrogen-bond acceptors (Lipinski definition) is 7. The average molecular weight is 853 g/mol. The highest BCUT2D eigenvalue weighted by atomic mass is 35.5. The lowest BCUT2D eigenvalue weighted by Gasteiger charge is -2.35. The van der Waals surface area contributed by atoms with E-state index in [0.717, 1.165) is 33.4 Å². The van der Waals surface area contributed by atoms with E-state index >= 15 is 0 Å². The van der Waals surface area contributed by atoms with Crippen LogP contribution in [0.15, 0.2) is 195 Å². The van der Waals surface area contributed by atoms with Crippen LogP contribution in [0.3, 0.4) is 0 Å². The molecule has 0 aliphatic heterocycles. The van der Waals surface area contributed by atoms with Crippen molar-refractivity contribution in [2.45, 2.75) is 34.7 Å². The van der Waals surface area contributed by atoms with Crippen molar-refractivity contribution in [2.24, 2.45) is 0 Å². The highest BCUT2D eigenvalue weighted by Crippen LogP contribution is 2.42. The molecule has 8 rings (SSSR count). The van der Waals surface area contributed by atoms with Crippen LogP contribution in [0.25, 0.3) is 0 Å². The Labute approximate surface area is 360 Å². The second-order valence-electron chi connectivity index (χ2n) is 14.1. The Balaban J connectivity index is 0.912. The predicted octanol–water partition coefficient (Wildman–Crippen LogP) is 11.3. The highest BCUT2D eigenvalue weighted by molar-refractivity contribution is 7.33. The van der Waals surface area contributed by atoms with E-state index in [1.54, 1.807) is 12.7 Å². The Hall–Kier alpha value is -5.80. The van der Waals surface area contributed by atoms with Crippen molar-refractivity contribution in [3.8, 4) is 0 Å². The normalized spacial score (nSPS) is 13.1. The zero-order valence-electron chi connectivity index (χ0n) is 32.6. The van der Waals surface area contributed by atoms with Gasteiger partial charge in [0.05, 0.1) is 10.8 Å². The van der Waals surface area contributed by atoms with Gasteiger partial charge in [-0.15, -0.1) is 32.2 Å². The van der Waals surface area contributed by atoms with Crippen LogP contribution in [0.1, 0.15) is 68.6 Å². The van der Waals surface area contributed by atoms with Crippen LogP contribution >= 0.6 is 31.5 Å². The summed E-state index contributed by atoms with van der Waals surface area (Å²) < 4.78 is 27.7. The van der Waals surface area contributed by atoms with Crippen LogP contribution in [0.5, 0.6) is 0 Å². The standard InChI is InChI=1S/C48H42Cl2N6O3P/c49-43(45-51-35-55(53-45)47(37-19-7-1-8-20-37,38-21-9-2-10-22-38)39-23-11-3-12-24-39)31-33-58-60(57)59-34-32-44(50)46-52-36-56(54-46)48(40-25-13-4-14-26-40,41-27-15-5-16-28-41)42-29-17-6-18-30-42/h1-30,35-36,43-44H,31-34H2/q+1. The fourth-order valence-corrected chi connectivity index (χ4v) is 8.75. The van der Waals surface area contributed by atoms with E-state index in [2.05, 4.69) is 82.8 Å². The summed E-state index contributed by atoms with van der Waals surface area (Å²) in [7, 11) is -2.45. The maximum absolute atomic E-state index is 12.8. The van der Waals surface area contributed by atoms with Crippen LogP contribution < -0.4 is 0 Å². The molecule has 60 heavy (non-hydrogen) atoms. The van der Waals surface area contributed by atoms with Gasteiger partial charge in [0.2, 0.25) is 0 Å². The summed E-state index contributed by atoms with van der Waals surface area (Å²) >= 11 is 13.7. The van der Waals surface area contributed by atoms with Gasteiger partial charge in [-0.25, -0.2) is 19.3 Å². The van der Waals surface area contributed by atoms with Crippen molar-refractivity contribution in [1.82, 2.24) is 29.5 Å². The number of alkyl halides is 2.